The molecule has 0 spiro atoms. The van der Waals surface area contributed by atoms with Gasteiger partial charge in [0, 0.05) is 18.0 Å². The second kappa shape index (κ2) is 5.84. The molecular formula is C14H16N4O2S. The van der Waals surface area contributed by atoms with E-state index in [-0.39, 0.29) is 24.9 Å². The highest BCUT2D eigenvalue weighted by atomic mass is 32.1. The van der Waals surface area contributed by atoms with Crippen LogP contribution in [-0.4, -0.2) is 42.9 Å². The highest BCUT2D eigenvalue weighted by Gasteiger charge is 2.24. The lowest BCUT2D eigenvalue weighted by Gasteiger charge is -2.25. The Bertz CT molecular complexity index is 632. The van der Waals surface area contributed by atoms with Crippen LogP contribution in [0.4, 0.5) is 5.00 Å². The minimum absolute atomic E-state index is 0.0538. The van der Waals surface area contributed by atoms with E-state index in [0.29, 0.717) is 23.7 Å². The van der Waals surface area contributed by atoms with Crippen LogP contribution in [0.25, 0.3) is 0 Å². The number of hydrogen-bond donors (Lipinski definition) is 2. The van der Waals surface area contributed by atoms with Gasteiger partial charge in [-0.15, -0.1) is 11.3 Å². The molecule has 0 unspecified atom stereocenters. The van der Waals surface area contributed by atoms with Crippen LogP contribution in [0.5, 0.6) is 0 Å². The van der Waals surface area contributed by atoms with Crippen molar-refractivity contribution in [2.24, 2.45) is 0 Å². The predicted molar refractivity (Wildman–Crippen MR) is 79.1 cm³/mol. The second-order valence-corrected chi connectivity index (χ2v) is 6.39. The number of nitriles is 1. The number of carbonyl (C=O) groups is 2. The fourth-order valence-electron chi connectivity index (χ4n) is 2.81. The van der Waals surface area contributed by atoms with E-state index in [9.17, 15) is 14.9 Å². The lowest BCUT2D eigenvalue weighted by molar-refractivity contribution is -0.125. The van der Waals surface area contributed by atoms with Crippen LogP contribution in [-0.2, 0) is 22.4 Å². The molecule has 3 rings (SSSR count). The van der Waals surface area contributed by atoms with E-state index in [2.05, 4.69) is 16.7 Å². The number of aryl methyl sites for hydroxylation is 1. The minimum atomic E-state index is -0.166. The number of nitrogens with one attached hydrogen (secondary N) is 2. The van der Waals surface area contributed by atoms with Gasteiger partial charge in [-0.2, -0.15) is 5.26 Å². The first-order valence-corrected chi connectivity index (χ1v) is 7.82. The van der Waals surface area contributed by atoms with Crippen LogP contribution in [0.1, 0.15) is 22.4 Å². The van der Waals surface area contributed by atoms with Crippen LogP contribution in [0.2, 0.25) is 0 Å². The maximum Gasteiger partial charge on any atom is 0.239 e. The van der Waals surface area contributed by atoms with Crippen molar-refractivity contribution < 1.29 is 9.59 Å². The predicted octanol–water partition coefficient (Wildman–Crippen LogP) is 0.479. The van der Waals surface area contributed by atoms with Crippen molar-refractivity contribution in [3.63, 3.8) is 0 Å². The molecular weight excluding hydrogens is 288 g/mol. The average Bonchev–Trinajstić information content (AvgIpc) is 2.98. The van der Waals surface area contributed by atoms with Gasteiger partial charge in [-0.25, -0.2) is 0 Å². The maximum atomic E-state index is 12.1. The van der Waals surface area contributed by atoms with Crippen LogP contribution in [0.15, 0.2) is 0 Å². The topological polar surface area (TPSA) is 85.2 Å². The highest BCUT2D eigenvalue weighted by molar-refractivity contribution is 7.16. The van der Waals surface area contributed by atoms with E-state index in [1.807, 2.05) is 4.90 Å². The van der Waals surface area contributed by atoms with Gasteiger partial charge in [-0.3, -0.25) is 14.5 Å². The van der Waals surface area contributed by atoms with E-state index in [0.717, 1.165) is 24.8 Å². The molecule has 6 nitrogen and oxygen atoms in total. The van der Waals surface area contributed by atoms with Crippen molar-refractivity contribution in [3.05, 3.63) is 16.0 Å². The molecule has 0 aromatic carbocycles. The van der Waals surface area contributed by atoms with Gasteiger partial charge in [0.25, 0.3) is 0 Å². The van der Waals surface area contributed by atoms with Gasteiger partial charge < -0.3 is 10.6 Å². The number of thiophene rings is 1. The molecule has 1 saturated heterocycles. The Balaban J connectivity index is 1.65. The Morgan fingerprint density at radius 2 is 2.33 bits per heavy atom. The number of fused-ring (bicyclic) bond motifs is 1. The highest BCUT2D eigenvalue weighted by Crippen LogP contribution is 2.38. The molecule has 1 aliphatic carbocycles. The van der Waals surface area contributed by atoms with Crippen molar-refractivity contribution in [3.8, 4) is 6.07 Å². The molecule has 0 saturated carbocycles. The summed E-state index contributed by atoms with van der Waals surface area (Å²) in [6, 6.07) is 2.21. The van der Waals surface area contributed by atoms with Crippen LogP contribution in [0.3, 0.4) is 0 Å². The number of anilines is 1. The Kier molecular flexibility index (Phi) is 3.90. The van der Waals surface area contributed by atoms with Crippen molar-refractivity contribution >= 4 is 28.2 Å². The van der Waals surface area contributed by atoms with Gasteiger partial charge in [-0.05, 0) is 24.8 Å². The molecule has 21 heavy (non-hydrogen) atoms. The van der Waals surface area contributed by atoms with E-state index in [4.69, 9.17) is 0 Å². The molecule has 2 amide bonds. The quantitative estimate of drug-likeness (QED) is 0.850. The molecule has 110 valence electrons. The molecule has 2 heterocycles. The molecule has 1 aromatic heterocycles. The Morgan fingerprint density at radius 3 is 3.10 bits per heavy atom. The SMILES string of the molecule is N#Cc1c(NC(=O)CN2CCNC(=O)C2)sc2c1CCC2. The van der Waals surface area contributed by atoms with Crippen molar-refractivity contribution in [2.75, 3.05) is 31.5 Å². The number of nitrogens with zero attached hydrogens (tertiary/aromatic N) is 2. The first-order valence-electron chi connectivity index (χ1n) is 7.01. The summed E-state index contributed by atoms with van der Waals surface area (Å²) in [5.41, 5.74) is 1.73. The zero-order valence-electron chi connectivity index (χ0n) is 11.6. The minimum Gasteiger partial charge on any atom is -0.354 e. The van der Waals surface area contributed by atoms with Crippen molar-refractivity contribution in [1.29, 1.82) is 5.26 Å². The van der Waals surface area contributed by atoms with E-state index >= 15 is 0 Å². The third kappa shape index (κ3) is 2.91. The van der Waals surface area contributed by atoms with Crippen LogP contribution in [0, 0.1) is 11.3 Å². The van der Waals surface area contributed by atoms with Gasteiger partial charge in [0.1, 0.15) is 11.1 Å². The fourth-order valence-corrected chi connectivity index (χ4v) is 4.06. The second-order valence-electron chi connectivity index (χ2n) is 5.28. The zero-order valence-corrected chi connectivity index (χ0v) is 12.4. The van der Waals surface area contributed by atoms with Gasteiger partial charge in [0.2, 0.25) is 11.8 Å². The molecule has 1 aromatic rings. The summed E-state index contributed by atoms with van der Waals surface area (Å²) >= 11 is 1.51. The molecule has 2 aliphatic rings. The third-order valence-electron chi connectivity index (χ3n) is 3.77. The summed E-state index contributed by atoms with van der Waals surface area (Å²) in [5.74, 6) is -0.219. The van der Waals surface area contributed by atoms with Crippen molar-refractivity contribution in [2.45, 2.75) is 19.3 Å². The average molecular weight is 304 g/mol. The monoisotopic (exact) mass is 304 g/mol. The van der Waals surface area contributed by atoms with Crippen molar-refractivity contribution in [1.82, 2.24) is 10.2 Å². The molecule has 0 atom stereocenters. The lowest BCUT2D eigenvalue weighted by Crippen LogP contribution is -2.49. The Hall–Kier alpha value is -1.91. The summed E-state index contributed by atoms with van der Waals surface area (Å²) in [5, 5.41) is 15.5. The third-order valence-corrected chi connectivity index (χ3v) is 4.98. The van der Waals surface area contributed by atoms with Gasteiger partial charge in [0.05, 0.1) is 18.7 Å². The smallest absolute Gasteiger partial charge is 0.239 e. The maximum absolute atomic E-state index is 12.1. The van der Waals surface area contributed by atoms with Gasteiger partial charge >= 0.3 is 0 Å². The van der Waals surface area contributed by atoms with E-state index in [1.165, 1.54) is 16.2 Å². The molecule has 2 N–H and O–H groups in total. The van der Waals surface area contributed by atoms with E-state index in [1.54, 1.807) is 0 Å². The molecule has 7 heteroatoms. The number of piperazine rings is 1. The van der Waals surface area contributed by atoms with Gasteiger partial charge in [-0.1, -0.05) is 0 Å². The number of carbonyl (C=O) groups excluding carboxylic acids is 2. The van der Waals surface area contributed by atoms with Gasteiger partial charge in [0.15, 0.2) is 0 Å². The lowest BCUT2D eigenvalue weighted by atomic mass is 10.1. The molecule has 0 bridgehead atoms. The Morgan fingerprint density at radius 1 is 1.48 bits per heavy atom. The van der Waals surface area contributed by atoms with Crippen LogP contribution < -0.4 is 10.6 Å². The summed E-state index contributed by atoms with van der Waals surface area (Å²) in [6.45, 7) is 1.67. The largest absolute Gasteiger partial charge is 0.354 e. The summed E-state index contributed by atoms with van der Waals surface area (Å²) < 4.78 is 0. The standard InChI is InChI=1S/C14H16N4O2S/c15-6-10-9-2-1-3-11(9)21-14(10)17-13(20)8-18-5-4-16-12(19)7-18/h1-5,7-8H2,(H,16,19)(H,17,20). The van der Waals surface area contributed by atoms with Crippen LogP contribution >= 0.6 is 11.3 Å². The normalized spacial score (nSPS) is 18.0. The first-order chi connectivity index (χ1) is 10.2. The number of hydrogen-bond acceptors (Lipinski definition) is 5. The summed E-state index contributed by atoms with van der Waals surface area (Å²) in [6.07, 6.45) is 3.01. The molecule has 1 aliphatic heterocycles. The molecule has 0 radical (unpaired) electrons. The summed E-state index contributed by atoms with van der Waals surface area (Å²) in [4.78, 5) is 26.4. The first kappa shape index (κ1) is 14.0. The molecule has 1 fully saturated rings. The fraction of sp³-hybridized carbons (Fsp3) is 0.500. The Labute approximate surface area is 126 Å². The number of amides is 2. The zero-order chi connectivity index (χ0) is 14.8. The van der Waals surface area contributed by atoms with E-state index < -0.39 is 0 Å². The summed E-state index contributed by atoms with van der Waals surface area (Å²) in [7, 11) is 0. The number of rotatable bonds is 3.